The van der Waals surface area contributed by atoms with E-state index in [1.807, 2.05) is 5.32 Å². The molecule has 286 valence electrons. The molecule has 0 fully saturated rings. The van der Waals surface area contributed by atoms with Crippen LogP contribution in [0.4, 0.5) is 0 Å². The van der Waals surface area contributed by atoms with E-state index in [2.05, 4.69) is 41.5 Å². The minimum absolute atomic E-state index is 0.0187. The first-order valence-electron chi connectivity index (χ1n) is 15.9. The lowest BCUT2D eigenvalue weighted by Crippen LogP contribution is -2.56. The highest BCUT2D eigenvalue weighted by Crippen LogP contribution is 2.06. The summed E-state index contributed by atoms with van der Waals surface area (Å²) < 4.78 is 0. The normalized spacial score (nSPS) is 13.6. The first-order chi connectivity index (χ1) is 24.2. The molecular formula is C28H49N13O10. The van der Waals surface area contributed by atoms with Gasteiger partial charge in [-0.3, -0.25) is 33.8 Å². The molecule has 0 bridgehead atoms. The highest BCUT2D eigenvalue weighted by molar-refractivity contribution is 5.95. The molecule has 1 aromatic rings. The maximum Gasteiger partial charge on any atom is 0.328 e. The van der Waals surface area contributed by atoms with Gasteiger partial charge in [0.1, 0.15) is 24.2 Å². The van der Waals surface area contributed by atoms with Crippen molar-refractivity contribution in [3.63, 3.8) is 0 Å². The summed E-state index contributed by atoms with van der Waals surface area (Å²) in [5, 5.41) is 41.1. The van der Waals surface area contributed by atoms with Crippen LogP contribution in [0, 0.1) is 0 Å². The fourth-order valence-corrected chi connectivity index (χ4v) is 4.24. The number of aromatic nitrogens is 2. The van der Waals surface area contributed by atoms with Gasteiger partial charge < -0.3 is 75.1 Å². The predicted octanol–water partition coefficient (Wildman–Crippen LogP) is -7.30. The number of hydrogen-bond donors (Lipinski definition) is 14. The van der Waals surface area contributed by atoms with E-state index in [1.165, 1.54) is 12.5 Å². The minimum atomic E-state index is -1.68. The van der Waals surface area contributed by atoms with Crippen molar-refractivity contribution in [2.45, 2.75) is 68.7 Å². The largest absolute Gasteiger partial charge is 0.480 e. The van der Waals surface area contributed by atoms with E-state index < -0.39 is 97.9 Å². The Labute approximate surface area is 292 Å². The topological polar surface area (TPSA) is 397 Å². The van der Waals surface area contributed by atoms with Crippen molar-refractivity contribution in [2.24, 2.45) is 27.9 Å². The number of amides is 6. The average Bonchev–Trinajstić information content (AvgIpc) is 3.60. The van der Waals surface area contributed by atoms with Gasteiger partial charge in [0.25, 0.3) is 0 Å². The highest BCUT2D eigenvalue weighted by atomic mass is 16.4. The van der Waals surface area contributed by atoms with E-state index in [-0.39, 0.29) is 38.2 Å². The molecule has 0 unspecified atom stereocenters. The van der Waals surface area contributed by atoms with Crippen LogP contribution in [0.25, 0.3) is 0 Å². The van der Waals surface area contributed by atoms with Crippen LogP contribution in [-0.2, 0) is 40.0 Å². The van der Waals surface area contributed by atoms with E-state index in [0.29, 0.717) is 25.1 Å². The molecule has 0 saturated carbocycles. The Kier molecular flexibility index (Phi) is 20.4. The zero-order valence-electron chi connectivity index (χ0n) is 27.9. The van der Waals surface area contributed by atoms with E-state index >= 15 is 0 Å². The van der Waals surface area contributed by atoms with Gasteiger partial charge in [0.2, 0.25) is 35.4 Å². The maximum atomic E-state index is 13.4. The van der Waals surface area contributed by atoms with Gasteiger partial charge in [0, 0.05) is 24.9 Å². The number of aromatic amines is 1. The van der Waals surface area contributed by atoms with E-state index in [1.54, 1.807) is 0 Å². The molecule has 5 atom stereocenters. The van der Waals surface area contributed by atoms with Crippen LogP contribution in [0.2, 0.25) is 0 Å². The number of carboxylic acids is 1. The molecule has 0 saturated heterocycles. The van der Waals surface area contributed by atoms with Gasteiger partial charge >= 0.3 is 5.97 Å². The smallest absolute Gasteiger partial charge is 0.328 e. The van der Waals surface area contributed by atoms with Crippen molar-refractivity contribution >= 4 is 47.4 Å². The molecule has 6 amide bonds. The standard InChI is InChI=1S/C28H49N13O10/c29-6-2-1-4-18(39-23(46)16(30)8-15-9-33-14-37-15)25(48)40-17(5-3-7-34-28(31)32)24(47)36-10-21(44)35-11-22(45)38-19(12-42)26(49)41-20(13-43)27(50)51/h9,14,16-20,42-43H,1-8,10-13,29-30H2,(H,33,37)(H,35,44)(H,36,47)(H,38,45)(H,39,46)(H,40,48)(H,41,49)(H,50,51)(H4,31,32,34)/t16-,17-,18-,19-,20-/m0/s1. The molecule has 1 rings (SSSR count). The quantitative estimate of drug-likeness (QED) is 0.0253. The van der Waals surface area contributed by atoms with E-state index in [0.717, 1.165) is 0 Å². The van der Waals surface area contributed by atoms with Gasteiger partial charge in [-0.2, -0.15) is 0 Å². The molecule has 0 spiro atoms. The number of aliphatic imine (C=N–C) groups is 1. The van der Waals surface area contributed by atoms with Crippen LogP contribution in [0.1, 0.15) is 37.8 Å². The Bertz CT molecular complexity index is 1320. The molecule has 0 radical (unpaired) electrons. The monoisotopic (exact) mass is 727 g/mol. The molecule has 0 aliphatic carbocycles. The number of aliphatic hydroxyl groups excluding tert-OH is 2. The summed E-state index contributed by atoms with van der Waals surface area (Å²) in [6.07, 6.45) is 4.51. The van der Waals surface area contributed by atoms with E-state index in [9.17, 15) is 38.7 Å². The molecule has 0 aliphatic heterocycles. The number of carbonyl (C=O) groups excluding carboxylic acids is 6. The zero-order chi connectivity index (χ0) is 38.3. The van der Waals surface area contributed by atoms with Crippen LogP contribution >= 0.6 is 0 Å². The Morgan fingerprint density at radius 1 is 0.765 bits per heavy atom. The van der Waals surface area contributed by atoms with Gasteiger partial charge in [0.15, 0.2) is 5.96 Å². The third kappa shape index (κ3) is 17.7. The summed E-state index contributed by atoms with van der Waals surface area (Å²) in [5.41, 5.74) is 22.9. The molecule has 51 heavy (non-hydrogen) atoms. The van der Waals surface area contributed by atoms with Crippen molar-refractivity contribution in [3.8, 4) is 0 Å². The molecule has 23 heteroatoms. The van der Waals surface area contributed by atoms with Crippen LogP contribution in [0.5, 0.6) is 0 Å². The van der Waals surface area contributed by atoms with Gasteiger partial charge in [-0.25, -0.2) is 9.78 Å². The predicted molar refractivity (Wildman–Crippen MR) is 179 cm³/mol. The van der Waals surface area contributed by atoms with Crippen molar-refractivity contribution < 1.29 is 48.9 Å². The van der Waals surface area contributed by atoms with E-state index in [4.69, 9.17) is 33.1 Å². The lowest BCUT2D eigenvalue weighted by molar-refractivity contribution is -0.143. The van der Waals surface area contributed by atoms with Gasteiger partial charge in [0.05, 0.1) is 38.7 Å². The molecule has 0 aliphatic rings. The first kappa shape index (κ1) is 43.6. The number of carboxylic acid groups (broad SMARTS) is 1. The summed E-state index contributed by atoms with van der Waals surface area (Å²) in [6, 6.07) is -6.59. The number of unbranched alkanes of at least 4 members (excludes halogenated alkanes) is 1. The van der Waals surface area contributed by atoms with Gasteiger partial charge in [-0.15, -0.1) is 0 Å². The van der Waals surface area contributed by atoms with Crippen LogP contribution in [0.3, 0.4) is 0 Å². The Balaban J connectivity index is 2.85. The number of carbonyl (C=O) groups is 7. The summed E-state index contributed by atoms with van der Waals surface area (Å²) in [6.45, 7) is -2.76. The van der Waals surface area contributed by atoms with Crippen molar-refractivity contribution in [3.05, 3.63) is 18.2 Å². The Morgan fingerprint density at radius 2 is 1.35 bits per heavy atom. The lowest BCUT2D eigenvalue weighted by atomic mass is 10.0. The summed E-state index contributed by atoms with van der Waals surface area (Å²) in [7, 11) is 0. The average molecular weight is 728 g/mol. The number of imidazole rings is 1. The summed E-state index contributed by atoms with van der Waals surface area (Å²) in [5.74, 6) is -6.73. The van der Waals surface area contributed by atoms with Gasteiger partial charge in [-0.05, 0) is 38.6 Å². The third-order valence-corrected chi connectivity index (χ3v) is 6.99. The Morgan fingerprint density at radius 3 is 1.94 bits per heavy atom. The number of aliphatic carboxylic acids is 1. The highest BCUT2D eigenvalue weighted by Gasteiger charge is 2.29. The fourth-order valence-electron chi connectivity index (χ4n) is 4.24. The maximum absolute atomic E-state index is 13.4. The second-order valence-corrected chi connectivity index (χ2v) is 11.1. The number of guanidine groups is 1. The van der Waals surface area contributed by atoms with Crippen LogP contribution in [0.15, 0.2) is 17.5 Å². The summed E-state index contributed by atoms with van der Waals surface area (Å²) >= 11 is 0. The number of aliphatic hydroxyl groups is 2. The number of rotatable bonds is 25. The second kappa shape index (κ2) is 23.9. The summed E-state index contributed by atoms with van der Waals surface area (Å²) in [4.78, 5) is 97.7. The molecule has 1 aromatic heterocycles. The van der Waals surface area contributed by atoms with Crippen molar-refractivity contribution in [1.29, 1.82) is 0 Å². The molecule has 23 nitrogen and oxygen atoms in total. The second-order valence-electron chi connectivity index (χ2n) is 11.1. The lowest BCUT2D eigenvalue weighted by Gasteiger charge is -2.24. The molecule has 0 aromatic carbocycles. The third-order valence-electron chi connectivity index (χ3n) is 6.99. The van der Waals surface area contributed by atoms with Crippen molar-refractivity contribution in [1.82, 2.24) is 41.9 Å². The SMILES string of the molecule is NCCCC[C@H](NC(=O)[C@@H](N)Cc1cnc[nH]1)C(=O)N[C@@H](CCCN=C(N)N)C(=O)NCC(=O)NCC(=O)N[C@@H](CO)C(=O)N[C@@H](CO)C(=O)O. The van der Waals surface area contributed by atoms with Crippen LogP contribution in [-0.4, -0.2) is 142 Å². The number of hydrogen-bond acceptors (Lipinski definition) is 13. The molecular weight excluding hydrogens is 678 g/mol. The van der Waals surface area contributed by atoms with Crippen LogP contribution < -0.4 is 54.8 Å². The van der Waals surface area contributed by atoms with Gasteiger partial charge in [-0.1, -0.05) is 0 Å². The number of nitrogens with two attached hydrogens (primary N) is 4. The first-order valence-corrected chi connectivity index (χ1v) is 15.9. The molecule has 1 heterocycles. The number of nitrogens with one attached hydrogen (secondary N) is 7. The molecule has 18 N–H and O–H groups in total. The minimum Gasteiger partial charge on any atom is -0.480 e. The van der Waals surface area contributed by atoms with Crippen molar-refractivity contribution in [2.75, 3.05) is 39.4 Å². The zero-order valence-corrected chi connectivity index (χ0v) is 27.9. The number of nitrogens with zero attached hydrogens (tertiary/aromatic N) is 2. The fraction of sp³-hybridized carbons (Fsp3) is 0.607. The number of H-pyrrole nitrogens is 1. The Hall–Kier alpha value is -5.39.